The van der Waals surface area contributed by atoms with E-state index in [1.807, 2.05) is 6.92 Å². The van der Waals surface area contributed by atoms with Crippen LogP contribution in [-0.2, 0) is 11.0 Å². The Morgan fingerprint density at radius 2 is 2.11 bits per heavy atom. The molecule has 4 N–H and O–H groups in total. The zero-order valence-corrected chi connectivity index (χ0v) is 10.3. The van der Waals surface area contributed by atoms with Gasteiger partial charge in [-0.25, -0.2) is 0 Å². The Kier molecular flexibility index (Phi) is 4.77. The van der Waals surface area contributed by atoms with Crippen LogP contribution in [0.1, 0.15) is 25.3 Å². The van der Waals surface area contributed by atoms with Crippen LogP contribution >= 0.6 is 0 Å². The van der Waals surface area contributed by atoms with Crippen molar-refractivity contribution in [1.82, 2.24) is 0 Å². The van der Waals surface area contributed by atoms with E-state index in [4.69, 9.17) is 5.73 Å². The van der Waals surface area contributed by atoms with E-state index in [0.29, 0.717) is 18.9 Å². The number of carbonyl (C=O) groups is 1. The van der Waals surface area contributed by atoms with Crippen LogP contribution in [0.4, 0.5) is 18.9 Å². The van der Waals surface area contributed by atoms with Gasteiger partial charge in [0, 0.05) is 0 Å². The van der Waals surface area contributed by atoms with Crippen LogP contribution in [0.25, 0.3) is 0 Å². The molecule has 0 fully saturated rings. The number of benzene rings is 1. The van der Waals surface area contributed by atoms with E-state index in [1.54, 1.807) is 0 Å². The predicted molar refractivity (Wildman–Crippen MR) is 64.6 cm³/mol. The highest BCUT2D eigenvalue weighted by molar-refractivity contribution is 5.95. The maximum Gasteiger partial charge on any atom is 0.416 e. The van der Waals surface area contributed by atoms with Crippen molar-refractivity contribution in [3.05, 3.63) is 23.8 Å². The van der Waals surface area contributed by atoms with Crippen molar-refractivity contribution >= 4 is 11.6 Å². The number of phenolic OH excluding ortho intramolecular Hbond substituents is 1. The third-order valence-corrected chi connectivity index (χ3v) is 2.52. The Balaban J connectivity index is 2.92. The average Bonchev–Trinajstić information content (AvgIpc) is 2.30. The monoisotopic (exact) mass is 276 g/mol. The van der Waals surface area contributed by atoms with E-state index in [1.165, 1.54) is 0 Å². The van der Waals surface area contributed by atoms with Gasteiger partial charge in [-0.05, 0) is 24.6 Å². The van der Waals surface area contributed by atoms with Crippen molar-refractivity contribution in [3.8, 4) is 5.75 Å². The number of phenols is 1. The van der Waals surface area contributed by atoms with Gasteiger partial charge in [0.1, 0.15) is 5.75 Å². The molecule has 1 atom stereocenters. The lowest BCUT2D eigenvalue weighted by molar-refractivity contribution is -0.137. The molecule has 1 aromatic rings. The van der Waals surface area contributed by atoms with Gasteiger partial charge in [-0.2, -0.15) is 13.2 Å². The quantitative estimate of drug-likeness (QED) is 0.739. The minimum atomic E-state index is -4.54. The fourth-order valence-corrected chi connectivity index (χ4v) is 1.48. The molecule has 0 aliphatic carbocycles. The molecule has 0 heterocycles. The molecule has 19 heavy (non-hydrogen) atoms. The summed E-state index contributed by atoms with van der Waals surface area (Å²) >= 11 is 0. The van der Waals surface area contributed by atoms with Crippen molar-refractivity contribution in [2.75, 3.05) is 5.32 Å². The van der Waals surface area contributed by atoms with Gasteiger partial charge in [0.2, 0.25) is 5.91 Å². The third kappa shape index (κ3) is 4.13. The summed E-state index contributed by atoms with van der Waals surface area (Å²) in [6.45, 7) is 1.83. The first-order valence-electron chi connectivity index (χ1n) is 5.72. The van der Waals surface area contributed by atoms with Crippen molar-refractivity contribution in [1.29, 1.82) is 0 Å². The van der Waals surface area contributed by atoms with Crippen molar-refractivity contribution in [3.63, 3.8) is 0 Å². The number of hydrogen-bond donors (Lipinski definition) is 3. The van der Waals surface area contributed by atoms with Crippen LogP contribution in [-0.4, -0.2) is 17.1 Å². The molecule has 0 radical (unpaired) electrons. The predicted octanol–water partition coefficient (Wildman–Crippen LogP) is 2.48. The van der Waals surface area contributed by atoms with Crippen molar-refractivity contribution in [2.24, 2.45) is 5.73 Å². The fourth-order valence-electron chi connectivity index (χ4n) is 1.48. The zero-order chi connectivity index (χ0) is 14.6. The summed E-state index contributed by atoms with van der Waals surface area (Å²) in [5, 5.41) is 11.6. The minimum absolute atomic E-state index is 0.300. The highest BCUT2D eigenvalue weighted by Gasteiger charge is 2.31. The number of amides is 1. The number of alkyl halides is 3. The van der Waals surface area contributed by atoms with E-state index in [2.05, 4.69) is 5.32 Å². The third-order valence-electron chi connectivity index (χ3n) is 2.52. The average molecular weight is 276 g/mol. The molecule has 0 aliphatic heterocycles. The van der Waals surface area contributed by atoms with Gasteiger partial charge in [-0.15, -0.1) is 0 Å². The topological polar surface area (TPSA) is 75.4 Å². The lowest BCUT2D eigenvalue weighted by Crippen LogP contribution is -2.35. The van der Waals surface area contributed by atoms with Crippen molar-refractivity contribution in [2.45, 2.75) is 32.0 Å². The fraction of sp³-hybridized carbons (Fsp3) is 0.417. The maximum atomic E-state index is 12.5. The SMILES string of the molecule is CCCC(N)C(=O)Nc1cc(C(F)(F)F)ccc1O. The first-order valence-corrected chi connectivity index (χ1v) is 5.72. The summed E-state index contributed by atoms with van der Waals surface area (Å²) in [6.07, 6.45) is -3.46. The number of nitrogens with two attached hydrogens (primary N) is 1. The largest absolute Gasteiger partial charge is 0.506 e. The summed E-state index contributed by atoms with van der Waals surface area (Å²) in [5.41, 5.74) is 4.28. The molecule has 1 aromatic carbocycles. The first kappa shape index (κ1) is 15.3. The van der Waals surface area contributed by atoms with E-state index in [9.17, 15) is 23.1 Å². The van der Waals surface area contributed by atoms with Gasteiger partial charge < -0.3 is 16.2 Å². The Labute approximate surface area is 108 Å². The number of rotatable bonds is 4. The van der Waals surface area contributed by atoms with Gasteiger partial charge in [0.05, 0.1) is 17.3 Å². The number of halogens is 3. The summed E-state index contributed by atoms with van der Waals surface area (Å²) in [5.74, 6) is -1.07. The molecular weight excluding hydrogens is 261 g/mol. The Morgan fingerprint density at radius 1 is 1.47 bits per heavy atom. The molecule has 0 aromatic heterocycles. The van der Waals surface area contributed by atoms with Crippen LogP contribution < -0.4 is 11.1 Å². The van der Waals surface area contributed by atoms with Crippen LogP contribution in [0, 0.1) is 0 Å². The minimum Gasteiger partial charge on any atom is -0.506 e. The normalized spacial score (nSPS) is 13.1. The molecule has 0 aliphatic rings. The Hall–Kier alpha value is -1.76. The molecular formula is C12H15F3N2O2. The summed E-state index contributed by atoms with van der Waals surface area (Å²) in [6, 6.07) is 1.46. The van der Waals surface area contributed by atoms with Gasteiger partial charge in [-0.1, -0.05) is 13.3 Å². The second-order valence-electron chi connectivity index (χ2n) is 4.11. The van der Waals surface area contributed by atoms with E-state index in [0.717, 1.165) is 12.1 Å². The number of nitrogens with one attached hydrogen (secondary N) is 1. The van der Waals surface area contributed by atoms with Crippen molar-refractivity contribution < 1.29 is 23.1 Å². The number of hydrogen-bond acceptors (Lipinski definition) is 3. The molecule has 4 nitrogen and oxygen atoms in total. The second-order valence-corrected chi connectivity index (χ2v) is 4.11. The molecule has 7 heteroatoms. The van der Waals surface area contributed by atoms with E-state index >= 15 is 0 Å². The standard InChI is InChI=1S/C12H15F3N2O2/c1-2-3-8(16)11(19)17-9-6-7(12(13,14)15)4-5-10(9)18/h4-6,8,18H,2-3,16H2,1H3,(H,17,19). The number of anilines is 1. The van der Waals surface area contributed by atoms with E-state index in [-0.39, 0.29) is 5.69 Å². The maximum absolute atomic E-state index is 12.5. The lowest BCUT2D eigenvalue weighted by Gasteiger charge is -2.14. The smallest absolute Gasteiger partial charge is 0.416 e. The summed E-state index contributed by atoms with van der Waals surface area (Å²) in [7, 11) is 0. The molecule has 0 saturated carbocycles. The van der Waals surface area contributed by atoms with E-state index < -0.39 is 29.4 Å². The molecule has 0 spiro atoms. The first-order chi connectivity index (χ1) is 8.75. The van der Waals surface area contributed by atoms with Gasteiger partial charge in [-0.3, -0.25) is 4.79 Å². The lowest BCUT2D eigenvalue weighted by atomic mass is 10.1. The van der Waals surface area contributed by atoms with Gasteiger partial charge in [0.25, 0.3) is 0 Å². The Morgan fingerprint density at radius 3 is 2.63 bits per heavy atom. The molecule has 1 amide bonds. The number of aromatic hydroxyl groups is 1. The highest BCUT2D eigenvalue weighted by atomic mass is 19.4. The summed E-state index contributed by atoms with van der Waals surface area (Å²) in [4.78, 5) is 11.6. The van der Waals surface area contributed by atoms with Crippen LogP contribution in [0.3, 0.4) is 0 Å². The zero-order valence-electron chi connectivity index (χ0n) is 10.3. The van der Waals surface area contributed by atoms with Gasteiger partial charge >= 0.3 is 6.18 Å². The van der Waals surface area contributed by atoms with Crippen LogP contribution in [0.2, 0.25) is 0 Å². The molecule has 1 unspecified atom stereocenters. The Bertz CT molecular complexity index is 461. The van der Waals surface area contributed by atoms with Crippen LogP contribution in [0.15, 0.2) is 18.2 Å². The van der Waals surface area contributed by atoms with Gasteiger partial charge in [0.15, 0.2) is 0 Å². The van der Waals surface area contributed by atoms with Crippen LogP contribution in [0.5, 0.6) is 5.75 Å². The summed E-state index contributed by atoms with van der Waals surface area (Å²) < 4.78 is 37.5. The second kappa shape index (κ2) is 5.92. The molecule has 1 rings (SSSR count). The molecule has 0 bridgehead atoms. The molecule has 106 valence electrons. The molecule has 0 saturated heterocycles. The number of carbonyl (C=O) groups excluding carboxylic acids is 1. The highest BCUT2D eigenvalue weighted by Crippen LogP contribution is 2.34.